The quantitative estimate of drug-likeness (QED) is 0.254. The molecule has 4 nitrogen and oxygen atoms in total. The molecule has 3 aromatic carbocycles. The molecule has 0 radical (unpaired) electrons. The van der Waals surface area contributed by atoms with Gasteiger partial charge in [-0.25, -0.2) is 6.61 Å². The molecule has 0 aromatic heterocycles. The van der Waals surface area contributed by atoms with Gasteiger partial charge in [0.05, 0.1) is 0 Å². The van der Waals surface area contributed by atoms with E-state index < -0.39 is 17.9 Å². The van der Waals surface area contributed by atoms with Crippen LogP contribution in [-0.2, 0) is 33.5 Å². The molecule has 1 saturated carbocycles. The molecule has 244 valence electrons. The van der Waals surface area contributed by atoms with Crippen LogP contribution in [0.4, 0.5) is 0 Å². The number of hydrogen-bond donors (Lipinski definition) is 2. The molecule has 1 heterocycles. The number of aromatic hydroxyl groups is 2. The van der Waals surface area contributed by atoms with Crippen molar-refractivity contribution in [2.45, 2.75) is 117 Å². The number of benzene rings is 3. The molecule has 2 N–H and O–H groups in total. The molecule has 5 rings (SSSR count). The summed E-state index contributed by atoms with van der Waals surface area (Å²) in [5.41, 5.74) is 6.44. The maximum absolute atomic E-state index is 11.7. The van der Waals surface area contributed by atoms with E-state index in [0.29, 0.717) is 23.5 Å². The smallest absolute Gasteiger partial charge is 0.00878 e. The Balaban J connectivity index is 0.000000838. The van der Waals surface area contributed by atoms with E-state index in [1.807, 2.05) is 30.9 Å². The fourth-order valence-corrected chi connectivity index (χ4v) is 9.75. The Hall–Kier alpha value is -2.42. The molecule has 0 amide bonds. The van der Waals surface area contributed by atoms with Crippen molar-refractivity contribution in [3.63, 3.8) is 0 Å². The van der Waals surface area contributed by atoms with Gasteiger partial charge in [-0.05, 0) is 0 Å². The van der Waals surface area contributed by atoms with Crippen molar-refractivity contribution in [1.82, 2.24) is 0 Å². The minimum absolute atomic E-state index is 0.186. The molecule has 2 fully saturated rings. The average Bonchev–Trinajstić information content (AvgIpc) is 3.58. The topological polar surface area (TPSA) is 62.1 Å². The van der Waals surface area contributed by atoms with E-state index in [1.54, 1.807) is 0 Å². The summed E-state index contributed by atoms with van der Waals surface area (Å²) >= 11 is -1.26. The van der Waals surface area contributed by atoms with Crippen LogP contribution in [-0.4, -0.2) is 26.8 Å². The number of hydrogen-bond acceptors (Lipinski definition) is 4. The van der Waals surface area contributed by atoms with E-state index in [0.717, 1.165) is 52.0 Å². The zero-order valence-electron chi connectivity index (χ0n) is 28.7. The third-order valence-electron chi connectivity index (χ3n) is 8.68. The molecule has 1 aliphatic heterocycles. The Bertz CT molecular complexity index is 1420. The van der Waals surface area contributed by atoms with Gasteiger partial charge in [-0.3, -0.25) is 0 Å². The standard InChI is InChI=1S/C30H36O2.C6H11N.C4H7O.W/c1-19(2)18-24-20(22-14-10-16-25(27(22)31)29(3,4)5)12-9-13-21(24)23-15-11-17-26(28(23)32)30(6,7)8;7-6-4-2-1-3-5-6;1-2-4-5-3-1;/h9-17,19,31-32H,1-8H3;6H,1-5H2;3H,1-2,4H2;/q;;-1;. The van der Waals surface area contributed by atoms with E-state index in [1.165, 1.54) is 42.4 Å². The Morgan fingerprint density at radius 1 is 0.756 bits per heavy atom. The predicted octanol–water partition coefficient (Wildman–Crippen LogP) is 10.8. The summed E-state index contributed by atoms with van der Waals surface area (Å²) in [6.07, 6.45) is 8.70. The second kappa shape index (κ2) is 15.4. The van der Waals surface area contributed by atoms with Gasteiger partial charge in [0.2, 0.25) is 0 Å². The number of para-hydroxylation sites is 2. The Morgan fingerprint density at radius 3 is 1.64 bits per heavy atom. The largest absolute Gasteiger partial charge is 0.552 e. The molecule has 1 aliphatic carbocycles. The molecule has 0 unspecified atom stereocenters. The van der Waals surface area contributed by atoms with Crippen molar-refractivity contribution in [2.24, 2.45) is 9.41 Å². The Kier molecular flexibility index (Phi) is 12.2. The van der Waals surface area contributed by atoms with Crippen LogP contribution in [0.1, 0.15) is 117 Å². The Labute approximate surface area is 280 Å². The second-order valence-electron chi connectivity index (χ2n) is 14.8. The number of phenols is 2. The molecule has 0 spiro atoms. The third kappa shape index (κ3) is 8.89. The van der Waals surface area contributed by atoms with Crippen molar-refractivity contribution in [1.29, 1.82) is 0 Å². The van der Waals surface area contributed by atoms with Crippen molar-refractivity contribution >= 4 is 3.90 Å². The van der Waals surface area contributed by atoms with Crippen LogP contribution >= 0.6 is 0 Å². The van der Waals surface area contributed by atoms with E-state index >= 15 is 0 Å². The SMILES string of the molecule is CC(C)[C](=[W]=[N]C1CCCCC1)c1c(-c2cccc(C(C)(C)C)c2O)cccc1-c1cccc(C(C)(C)C)c1O.[CH-]1CCCO1. The zero-order valence-corrected chi connectivity index (χ0v) is 31.7. The maximum atomic E-state index is 11.7. The van der Waals surface area contributed by atoms with Gasteiger partial charge in [-0.1, -0.05) is 6.42 Å². The molecule has 45 heavy (non-hydrogen) atoms. The molecular formula is C40H54NO3W-. The second-order valence-corrected chi connectivity index (χ2v) is 17.8. The van der Waals surface area contributed by atoms with Crippen LogP contribution in [0.15, 0.2) is 58.1 Å². The van der Waals surface area contributed by atoms with Crippen LogP contribution in [0.3, 0.4) is 0 Å². The van der Waals surface area contributed by atoms with Crippen LogP contribution < -0.4 is 0 Å². The fraction of sp³-hybridized carbons (Fsp3) is 0.500. The van der Waals surface area contributed by atoms with Gasteiger partial charge in [0.15, 0.2) is 0 Å². The molecule has 0 bridgehead atoms. The van der Waals surface area contributed by atoms with Crippen molar-refractivity contribution in [3.8, 4) is 33.8 Å². The number of rotatable bonds is 5. The van der Waals surface area contributed by atoms with Crippen LogP contribution in [0.25, 0.3) is 22.3 Å². The van der Waals surface area contributed by atoms with E-state index in [-0.39, 0.29) is 10.8 Å². The van der Waals surface area contributed by atoms with Gasteiger partial charge in [0.1, 0.15) is 0 Å². The van der Waals surface area contributed by atoms with Gasteiger partial charge in [-0.2, -0.15) is 6.42 Å². The summed E-state index contributed by atoms with van der Waals surface area (Å²) in [7, 11) is 0. The molecule has 5 heteroatoms. The monoisotopic (exact) mass is 780 g/mol. The first kappa shape index (κ1) is 35.4. The summed E-state index contributed by atoms with van der Waals surface area (Å²) in [6.45, 7) is 20.2. The van der Waals surface area contributed by atoms with Crippen LogP contribution in [0, 0.1) is 12.5 Å². The number of ether oxygens (including phenoxy) is 1. The average molecular weight is 781 g/mol. The third-order valence-corrected chi connectivity index (χ3v) is 13.3. The molecule has 2 aliphatic rings. The summed E-state index contributed by atoms with van der Waals surface area (Å²) in [6, 6.07) is 19.1. The first-order valence-electron chi connectivity index (χ1n) is 16.8. The maximum Gasteiger partial charge on any atom is 0.00878 e. The summed E-state index contributed by atoms with van der Waals surface area (Å²) < 4.78 is 11.6. The van der Waals surface area contributed by atoms with Gasteiger partial charge in [-0.15, -0.1) is 0 Å². The predicted molar refractivity (Wildman–Crippen MR) is 186 cm³/mol. The van der Waals surface area contributed by atoms with Crippen LogP contribution in [0.2, 0.25) is 0 Å². The summed E-state index contributed by atoms with van der Waals surface area (Å²) in [5, 5.41) is 23.3. The van der Waals surface area contributed by atoms with Gasteiger partial charge >= 0.3 is 251 Å². The minimum atomic E-state index is -1.26. The fourth-order valence-electron chi connectivity index (χ4n) is 6.17. The summed E-state index contributed by atoms with van der Waals surface area (Å²) in [5.74, 6) is 1.01. The van der Waals surface area contributed by atoms with E-state index in [4.69, 9.17) is 8.23 Å². The van der Waals surface area contributed by atoms with Crippen molar-refractivity contribution in [2.75, 3.05) is 6.61 Å². The molecule has 1 saturated heterocycles. The van der Waals surface area contributed by atoms with E-state index in [9.17, 15) is 10.2 Å². The zero-order chi connectivity index (χ0) is 32.8. The van der Waals surface area contributed by atoms with Crippen molar-refractivity contribution in [3.05, 3.63) is 77.9 Å². The normalized spacial score (nSPS) is 15.8. The molecular weight excluding hydrogens is 726 g/mol. The summed E-state index contributed by atoms with van der Waals surface area (Å²) in [4.78, 5) is 0. The van der Waals surface area contributed by atoms with Gasteiger partial charge in [0.25, 0.3) is 0 Å². The van der Waals surface area contributed by atoms with Gasteiger partial charge in [0, 0.05) is 6.61 Å². The number of phenolic OH excluding ortho intramolecular Hbond substituents is 2. The van der Waals surface area contributed by atoms with Gasteiger partial charge < -0.3 is 4.74 Å². The minimum Gasteiger partial charge on any atom is -0.552 e. The van der Waals surface area contributed by atoms with Crippen LogP contribution in [0.5, 0.6) is 11.5 Å². The number of nitrogens with zero attached hydrogens (tertiary/aromatic N) is 1. The van der Waals surface area contributed by atoms with E-state index in [2.05, 4.69) is 85.7 Å². The first-order chi connectivity index (χ1) is 21.3. The Morgan fingerprint density at radius 2 is 1.24 bits per heavy atom. The molecule has 0 atom stereocenters. The molecule has 3 aromatic rings. The first-order valence-corrected chi connectivity index (χ1v) is 19.5. The van der Waals surface area contributed by atoms with Crippen molar-refractivity contribution < 1.29 is 32.9 Å².